The molecular weight excluding hydrogens is 247 g/mol. The lowest BCUT2D eigenvalue weighted by Crippen LogP contribution is -2.06. The second-order valence-corrected chi connectivity index (χ2v) is 4.12. The number of hydrogen-bond donors (Lipinski definition) is 2. The van der Waals surface area contributed by atoms with Gasteiger partial charge in [-0.15, -0.1) is 0 Å². The molecule has 19 heavy (non-hydrogen) atoms. The summed E-state index contributed by atoms with van der Waals surface area (Å²) in [4.78, 5) is 15.0. The smallest absolute Gasteiger partial charge is 0.337 e. The molecule has 0 unspecified atom stereocenters. The second kappa shape index (κ2) is 5.48. The quantitative estimate of drug-likeness (QED) is 0.887. The van der Waals surface area contributed by atoms with E-state index in [9.17, 15) is 9.18 Å². The van der Waals surface area contributed by atoms with Crippen LogP contribution in [0.3, 0.4) is 0 Å². The van der Waals surface area contributed by atoms with Crippen LogP contribution >= 0.6 is 0 Å². The van der Waals surface area contributed by atoms with Crippen molar-refractivity contribution in [2.45, 2.75) is 13.5 Å². The van der Waals surface area contributed by atoms with E-state index in [1.54, 1.807) is 25.1 Å². The summed E-state index contributed by atoms with van der Waals surface area (Å²) in [5, 5.41) is 11.9. The van der Waals surface area contributed by atoms with E-state index in [1.807, 2.05) is 0 Å². The van der Waals surface area contributed by atoms with E-state index >= 15 is 0 Å². The van der Waals surface area contributed by atoms with Crippen LogP contribution < -0.4 is 5.32 Å². The molecule has 0 aliphatic heterocycles. The third kappa shape index (κ3) is 3.28. The minimum atomic E-state index is -0.998. The van der Waals surface area contributed by atoms with Crippen LogP contribution in [0.4, 0.5) is 10.2 Å². The number of carboxylic acid groups (broad SMARTS) is 1. The van der Waals surface area contributed by atoms with Gasteiger partial charge in [0, 0.05) is 6.54 Å². The number of carboxylic acids is 1. The van der Waals surface area contributed by atoms with Gasteiger partial charge >= 0.3 is 5.97 Å². The summed E-state index contributed by atoms with van der Waals surface area (Å²) in [6, 6.07) is 9.35. The van der Waals surface area contributed by atoms with Gasteiger partial charge in [0.25, 0.3) is 0 Å². The van der Waals surface area contributed by atoms with Crippen molar-refractivity contribution in [1.29, 1.82) is 0 Å². The predicted molar refractivity (Wildman–Crippen MR) is 69.7 cm³/mol. The van der Waals surface area contributed by atoms with E-state index < -0.39 is 5.97 Å². The number of aromatic nitrogens is 1. The summed E-state index contributed by atoms with van der Waals surface area (Å²) >= 11 is 0. The Morgan fingerprint density at radius 2 is 2.16 bits per heavy atom. The molecule has 0 amide bonds. The molecule has 0 atom stereocenters. The van der Waals surface area contributed by atoms with Gasteiger partial charge in [0.15, 0.2) is 0 Å². The lowest BCUT2D eigenvalue weighted by atomic mass is 10.2. The molecule has 0 fully saturated rings. The maximum absolute atomic E-state index is 13.0. The SMILES string of the molecule is Cc1nc(NCc2cccc(F)c2)ccc1C(=O)O. The number of aromatic carboxylic acids is 1. The normalized spacial score (nSPS) is 10.2. The van der Waals surface area contributed by atoms with Crippen LogP contribution in [0.5, 0.6) is 0 Å². The highest BCUT2D eigenvalue weighted by atomic mass is 19.1. The van der Waals surface area contributed by atoms with Gasteiger partial charge in [-0.05, 0) is 36.8 Å². The maximum atomic E-state index is 13.0. The van der Waals surface area contributed by atoms with Crippen molar-refractivity contribution in [3.63, 3.8) is 0 Å². The number of anilines is 1. The van der Waals surface area contributed by atoms with Gasteiger partial charge < -0.3 is 10.4 Å². The summed E-state index contributed by atoms with van der Waals surface area (Å²) in [6.45, 7) is 2.06. The molecule has 0 saturated heterocycles. The number of carbonyl (C=O) groups is 1. The standard InChI is InChI=1S/C14H13FN2O2/c1-9-12(14(18)19)5-6-13(17-9)16-8-10-3-2-4-11(15)7-10/h2-7H,8H2,1H3,(H,16,17)(H,18,19). The average molecular weight is 260 g/mol. The van der Waals surface area contributed by atoms with Gasteiger partial charge in [-0.1, -0.05) is 12.1 Å². The van der Waals surface area contributed by atoms with E-state index in [0.717, 1.165) is 5.56 Å². The van der Waals surface area contributed by atoms with Crippen molar-refractivity contribution in [3.05, 3.63) is 59.0 Å². The van der Waals surface area contributed by atoms with E-state index in [0.29, 0.717) is 18.1 Å². The Morgan fingerprint density at radius 3 is 2.79 bits per heavy atom. The molecule has 0 radical (unpaired) electrons. The van der Waals surface area contributed by atoms with Gasteiger partial charge in [-0.25, -0.2) is 14.2 Å². The van der Waals surface area contributed by atoms with Crippen molar-refractivity contribution < 1.29 is 14.3 Å². The minimum absolute atomic E-state index is 0.177. The lowest BCUT2D eigenvalue weighted by molar-refractivity contribution is 0.0695. The van der Waals surface area contributed by atoms with Crippen molar-refractivity contribution in [1.82, 2.24) is 4.98 Å². The fourth-order valence-electron chi connectivity index (χ4n) is 1.73. The maximum Gasteiger partial charge on any atom is 0.337 e. The third-order valence-corrected chi connectivity index (χ3v) is 2.68. The van der Waals surface area contributed by atoms with Gasteiger partial charge in [0.05, 0.1) is 11.3 Å². The van der Waals surface area contributed by atoms with E-state index in [4.69, 9.17) is 5.11 Å². The molecule has 2 aromatic rings. The van der Waals surface area contributed by atoms with Crippen molar-refractivity contribution in [2.24, 2.45) is 0 Å². The Balaban J connectivity index is 2.08. The zero-order valence-electron chi connectivity index (χ0n) is 10.4. The molecule has 0 bridgehead atoms. The monoisotopic (exact) mass is 260 g/mol. The molecule has 0 saturated carbocycles. The fourth-order valence-corrected chi connectivity index (χ4v) is 1.73. The molecule has 0 spiro atoms. The highest BCUT2D eigenvalue weighted by Crippen LogP contribution is 2.12. The Kier molecular flexibility index (Phi) is 3.75. The molecule has 2 N–H and O–H groups in total. The molecular formula is C14H13FN2O2. The molecule has 0 aliphatic carbocycles. The Labute approximate surface area is 109 Å². The van der Waals surface area contributed by atoms with Gasteiger partial charge in [0.2, 0.25) is 0 Å². The summed E-state index contributed by atoms with van der Waals surface area (Å²) in [7, 11) is 0. The van der Waals surface area contributed by atoms with Gasteiger partial charge in [-0.2, -0.15) is 0 Å². The topological polar surface area (TPSA) is 62.2 Å². The highest BCUT2D eigenvalue weighted by molar-refractivity contribution is 5.89. The lowest BCUT2D eigenvalue weighted by Gasteiger charge is -2.08. The van der Waals surface area contributed by atoms with Crippen molar-refractivity contribution in [3.8, 4) is 0 Å². The molecule has 1 aromatic carbocycles. The van der Waals surface area contributed by atoms with E-state index in [-0.39, 0.29) is 11.4 Å². The zero-order chi connectivity index (χ0) is 13.8. The van der Waals surface area contributed by atoms with Crippen LogP contribution in [0.2, 0.25) is 0 Å². The van der Waals surface area contributed by atoms with E-state index in [1.165, 1.54) is 18.2 Å². The molecule has 1 aromatic heterocycles. The van der Waals surface area contributed by atoms with Crippen LogP contribution in [0, 0.1) is 12.7 Å². The number of halogens is 1. The average Bonchev–Trinajstić information content (AvgIpc) is 2.36. The first kappa shape index (κ1) is 13.0. The molecule has 2 rings (SSSR count). The fraction of sp³-hybridized carbons (Fsp3) is 0.143. The first-order chi connectivity index (χ1) is 9.06. The third-order valence-electron chi connectivity index (χ3n) is 2.68. The minimum Gasteiger partial charge on any atom is -0.478 e. The number of aryl methyl sites for hydroxylation is 1. The number of pyridine rings is 1. The first-order valence-electron chi connectivity index (χ1n) is 5.75. The summed E-state index contributed by atoms with van der Waals surface area (Å²) in [6.07, 6.45) is 0. The Hall–Kier alpha value is -2.43. The molecule has 4 nitrogen and oxygen atoms in total. The summed E-state index contributed by atoms with van der Waals surface area (Å²) in [5.74, 6) is -0.724. The van der Waals surface area contributed by atoms with Crippen LogP contribution in [0.25, 0.3) is 0 Å². The Bertz CT molecular complexity index is 614. The molecule has 0 aliphatic rings. The number of hydrogen-bond acceptors (Lipinski definition) is 3. The van der Waals surface area contributed by atoms with E-state index in [2.05, 4.69) is 10.3 Å². The van der Waals surface area contributed by atoms with Gasteiger partial charge in [0.1, 0.15) is 11.6 Å². The number of benzene rings is 1. The van der Waals surface area contributed by atoms with Crippen LogP contribution in [0.15, 0.2) is 36.4 Å². The largest absolute Gasteiger partial charge is 0.478 e. The predicted octanol–water partition coefficient (Wildman–Crippen LogP) is 2.84. The van der Waals surface area contributed by atoms with Crippen LogP contribution in [0.1, 0.15) is 21.6 Å². The molecule has 5 heteroatoms. The zero-order valence-corrected chi connectivity index (χ0v) is 10.4. The number of rotatable bonds is 4. The highest BCUT2D eigenvalue weighted by Gasteiger charge is 2.08. The number of nitrogens with zero attached hydrogens (tertiary/aromatic N) is 1. The van der Waals surface area contributed by atoms with Crippen LogP contribution in [-0.4, -0.2) is 16.1 Å². The Morgan fingerprint density at radius 1 is 1.37 bits per heavy atom. The first-order valence-corrected chi connectivity index (χ1v) is 5.75. The molecule has 1 heterocycles. The summed E-state index contributed by atoms with van der Waals surface area (Å²) in [5.41, 5.74) is 1.41. The van der Waals surface area contributed by atoms with Crippen molar-refractivity contribution >= 4 is 11.8 Å². The van der Waals surface area contributed by atoms with Crippen molar-refractivity contribution in [2.75, 3.05) is 5.32 Å². The van der Waals surface area contributed by atoms with Crippen LogP contribution in [-0.2, 0) is 6.54 Å². The second-order valence-electron chi connectivity index (χ2n) is 4.12. The van der Waals surface area contributed by atoms with Gasteiger partial charge in [-0.3, -0.25) is 0 Å². The molecule has 98 valence electrons. The number of nitrogens with one attached hydrogen (secondary N) is 1. The summed E-state index contributed by atoms with van der Waals surface area (Å²) < 4.78 is 13.0.